The van der Waals surface area contributed by atoms with Gasteiger partial charge in [0.1, 0.15) is 30.1 Å². The maximum absolute atomic E-state index is 13.0. The van der Waals surface area contributed by atoms with Crippen LogP contribution in [0.1, 0.15) is 18.1 Å². The van der Waals surface area contributed by atoms with E-state index in [0.717, 1.165) is 6.92 Å². The Bertz CT molecular complexity index is 707. The number of hydrogen-bond acceptors (Lipinski definition) is 6. The minimum absolute atomic E-state index is 0.102. The molecule has 1 aromatic rings. The molecule has 2 rings (SSSR count). The molecule has 5 atom stereocenters. The van der Waals surface area contributed by atoms with E-state index in [-0.39, 0.29) is 18.2 Å². The summed E-state index contributed by atoms with van der Waals surface area (Å²) >= 11 is 0. The molecule has 4 N–H and O–H groups in total. The van der Waals surface area contributed by atoms with Gasteiger partial charge in [0.2, 0.25) is 12.2 Å². The molecule has 1 aliphatic heterocycles. The van der Waals surface area contributed by atoms with Crippen molar-refractivity contribution < 1.29 is 55.9 Å². The van der Waals surface area contributed by atoms with E-state index in [4.69, 9.17) is 9.47 Å². The van der Waals surface area contributed by atoms with Crippen LogP contribution in [0.15, 0.2) is 18.2 Å². The van der Waals surface area contributed by atoms with Crippen LogP contribution in [-0.2, 0) is 21.9 Å². The van der Waals surface area contributed by atoms with Crippen molar-refractivity contribution in [1.82, 2.24) is 5.32 Å². The van der Waals surface area contributed by atoms with Gasteiger partial charge in [-0.15, -0.1) is 0 Å². The zero-order valence-corrected chi connectivity index (χ0v) is 14.7. The number of carbonyl (C=O) groups excluding carboxylic acids is 1. The monoisotopic (exact) mass is 433 g/mol. The molecular weight excluding hydrogens is 416 g/mol. The number of amides is 1. The van der Waals surface area contributed by atoms with Crippen LogP contribution in [0, 0.1) is 0 Å². The van der Waals surface area contributed by atoms with Crippen LogP contribution in [0.4, 0.5) is 26.3 Å². The molecule has 0 spiro atoms. The molecule has 0 bridgehead atoms. The first kappa shape index (κ1) is 23.2. The highest BCUT2D eigenvalue weighted by atomic mass is 19.4. The minimum Gasteiger partial charge on any atom is -0.463 e. The predicted octanol–water partition coefficient (Wildman–Crippen LogP) is 1.05. The summed E-state index contributed by atoms with van der Waals surface area (Å²) in [6.45, 7) is 0.168. The van der Waals surface area contributed by atoms with E-state index in [1.807, 2.05) is 0 Å². The zero-order chi connectivity index (χ0) is 22.1. The van der Waals surface area contributed by atoms with E-state index in [0.29, 0.717) is 0 Å². The molecule has 1 fully saturated rings. The number of nitrogens with one attached hydrogen (secondary N) is 1. The van der Waals surface area contributed by atoms with Gasteiger partial charge in [-0.2, -0.15) is 26.3 Å². The summed E-state index contributed by atoms with van der Waals surface area (Å²) in [5, 5.41) is 31.3. The van der Waals surface area contributed by atoms with Gasteiger partial charge in [0, 0.05) is 6.92 Å². The highest BCUT2D eigenvalue weighted by Gasteiger charge is 2.46. The van der Waals surface area contributed by atoms with Crippen molar-refractivity contribution in [3.8, 4) is 5.75 Å². The Morgan fingerprint density at radius 2 is 1.59 bits per heavy atom. The Morgan fingerprint density at radius 3 is 2.00 bits per heavy atom. The summed E-state index contributed by atoms with van der Waals surface area (Å²) < 4.78 is 88.1. The molecule has 0 saturated carbocycles. The highest BCUT2D eigenvalue weighted by Crippen LogP contribution is 2.39. The quantitative estimate of drug-likeness (QED) is 0.529. The van der Waals surface area contributed by atoms with Crippen molar-refractivity contribution in [3.05, 3.63) is 29.3 Å². The summed E-state index contributed by atoms with van der Waals surface area (Å²) in [7, 11) is 0. The molecule has 1 aromatic carbocycles. The molecule has 0 unspecified atom stereocenters. The summed E-state index contributed by atoms with van der Waals surface area (Å²) in [6.07, 6.45) is -17.0. The van der Waals surface area contributed by atoms with Crippen molar-refractivity contribution in [1.29, 1.82) is 0 Å². The molecule has 1 aliphatic rings. The van der Waals surface area contributed by atoms with Gasteiger partial charge in [-0.3, -0.25) is 4.79 Å². The lowest BCUT2D eigenvalue weighted by molar-refractivity contribution is -0.244. The fraction of sp³-hybridized carbons (Fsp3) is 0.562. The molecule has 1 saturated heterocycles. The second kappa shape index (κ2) is 8.34. The van der Waals surface area contributed by atoms with E-state index in [1.165, 1.54) is 0 Å². The lowest BCUT2D eigenvalue weighted by atomic mass is 9.97. The summed E-state index contributed by atoms with van der Waals surface area (Å²) in [5.41, 5.74) is -3.29. The van der Waals surface area contributed by atoms with Crippen molar-refractivity contribution in [2.45, 2.75) is 49.9 Å². The van der Waals surface area contributed by atoms with E-state index >= 15 is 0 Å². The topological polar surface area (TPSA) is 108 Å². The first-order valence-electron chi connectivity index (χ1n) is 8.09. The number of hydrogen-bond donors (Lipinski definition) is 4. The van der Waals surface area contributed by atoms with Gasteiger partial charge in [-0.05, 0) is 18.2 Å². The standard InChI is InChI=1S/C16H17F6NO6/c1-6(25)23-11-13(27)12(26)10(5-24)29-14(11)28-9-3-7(15(17,18)19)2-8(4-9)16(20,21)22/h2-4,10-14,24,26-27H,5H2,1H3,(H,23,25)/t10-,11-,12+,13+,14+/m1/s1. The molecule has 7 nitrogen and oxygen atoms in total. The van der Waals surface area contributed by atoms with Gasteiger partial charge in [0.25, 0.3) is 0 Å². The predicted molar refractivity (Wildman–Crippen MR) is 82.4 cm³/mol. The van der Waals surface area contributed by atoms with Crippen molar-refractivity contribution >= 4 is 5.91 Å². The molecule has 0 radical (unpaired) electrons. The summed E-state index contributed by atoms with van der Waals surface area (Å²) in [5.74, 6) is -1.66. The molecule has 13 heteroatoms. The van der Waals surface area contributed by atoms with Crippen LogP contribution in [0.3, 0.4) is 0 Å². The number of benzene rings is 1. The second-order valence-corrected chi connectivity index (χ2v) is 6.29. The van der Waals surface area contributed by atoms with Gasteiger partial charge in [-0.25, -0.2) is 0 Å². The Kier molecular flexibility index (Phi) is 6.67. The van der Waals surface area contributed by atoms with Gasteiger partial charge in [0.15, 0.2) is 0 Å². The molecule has 1 heterocycles. The van der Waals surface area contributed by atoms with E-state index in [2.05, 4.69) is 5.32 Å². The number of aliphatic hydroxyl groups excluding tert-OH is 3. The van der Waals surface area contributed by atoms with Crippen LogP contribution in [0.25, 0.3) is 0 Å². The zero-order valence-electron chi connectivity index (χ0n) is 14.7. The molecule has 0 aliphatic carbocycles. The average Bonchev–Trinajstić information content (AvgIpc) is 2.59. The maximum atomic E-state index is 13.0. The molecule has 164 valence electrons. The number of rotatable bonds is 4. The number of aliphatic hydroxyl groups is 3. The lowest BCUT2D eigenvalue weighted by Gasteiger charge is -2.42. The van der Waals surface area contributed by atoms with E-state index in [9.17, 15) is 46.5 Å². The van der Waals surface area contributed by atoms with Gasteiger partial charge in [-0.1, -0.05) is 0 Å². The SMILES string of the molecule is CC(=O)N[C@H]1[C@@H](Oc2cc(C(F)(F)F)cc(C(F)(F)F)c2)O[C@H](CO)[C@H](O)[C@H]1O. The van der Waals surface area contributed by atoms with Gasteiger partial charge < -0.3 is 30.1 Å². The fourth-order valence-electron chi connectivity index (χ4n) is 2.70. The third-order valence-electron chi connectivity index (χ3n) is 4.06. The largest absolute Gasteiger partial charge is 0.463 e. The first-order valence-corrected chi connectivity index (χ1v) is 8.09. The number of ether oxygens (including phenoxy) is 2. The van der Waals surface area contributed by atoms with E-state index in [1.54, 1.807) is 0 Å². The Morgan fingerprint density at radius 1 is 1.07 bits per heavy atom. The summed E-state index contributed by atoms with van der Waals surface area (Å²) in [6, 6.07) is -1.08. The van der Waals surface area contributed by atoms with Crippen molar-refractivity contribution in [3.63, 3.8) is 0 Å². The van der Waals surface area contributed by atoms with Gasteiger partial charge >= 0.3 is 12.4 Å². The van der Waals surface area contributed by atoms with Crippen LogP contribution in [0.5, 0.6) is 5.75 Å². The molecule has 29 heavy (non-hydrogen) atoms. The van der Waals surface area contributed by atoms with Crippen molar-refractivity contribution in [2.75, 3.05) is 6.61 Å². The van der Waals surface area contributed by atoms with Gasteiger partial charge in [0.05, 0.1) is 17.7 Å². The number of carbonyl (C=O) groups is 1. The Balaban J connectivity index is 2.43. The fourth-order valence-corrected chi connectivity index (χ4v) is 2.70. The molecular formula is C16H17F6NO6. The average molecular weight is 433 g/mol. The second-order valence-electron chi connectivity index (χ2n) is 6.29. The third-order valence-corrected chi connectivity index (χ3v) is 4.06. The van der Waals surface area contributed by atoms with Crippen molar-refractivity contribution in [2.24, 2.45) is 0 Å². The highest BCUT2D eigenvalue weighted by molar-refractivity contribution is 5.73. The Hall–Kier alpha value is -2.09. The third kappa shape index (κ3) is 5.50. The first-order chi connectivity index (χ1) is 13.2. The van der Waals surface area contributed by atoms with Crippen LogP contribution >= 0.6 is 0 Å². The van der Waals surface area contributed by atoms with E-state index < -0.39 is 72.4 Å². The summed E-state index contributed by atoms with van der Waals surface area (Å²) in [4.78, 5) is 11.3. The molecule has 1 amide bonds. The van der Waals surface area contributed by atoms with Crippen LogP contribution in [0.2, 0.25) is 0 Å². The normalized spacial score (nSPS) is 28.1. The van der Waals surface area contributed by atoms with Crippen LogP contribution < -0.4 is 10.1 Å². The number of alkyl halides is 6. The van der Waals surface area contributed by atoms with Crippen LogP contribution in [-0.4, -0.2) is 58.5 Å². The molecule has 0 aromatic heterocycles. The Labute approximate surface area is 159 Å². The minimum atomic E-state index is -5.12. The lowest BCUT2D eigenvalue weighted by Crippen LogP contribution is -2.65. The maximum Gasteiger partial charge on any atom is 0.416 e. The number of halogens is 6. The smallest absolute Gasteiger partial charge is 0.416 e.